The molecule has 66 valence electrons. The minimum Gasteiger partial charge on any atom is -0.366 e. The second-order valence-electron chi connectivity index (χ2n) is 2.09. The third-order valence-corrected chi connectivity index (χ3v) is 1.11. The van der Waals surface area contributed by atoms with Crippen molar-refractivity contribution < 1.29 is 4.79 Å². The Morgan fingerprint density at radius 1 is 1.36 bits per heavy atom. The minimum absolute atomic E-state index is 0. The van der Waals surface area contributed by atoms with Crippen molar-refractivity contribution in [2.75, 3.05) is 6.54 Å². The zero-order valence-corrected chi connectivity index (χ0v) is 7.27. The number of hydrogen-bond acceptors (Lipinski definition) is 2. The van der Waals surface area contributed by atoms with Crippen molar-refractivity contribution in [1.29, 1.82) is 0 Å². The lowest BCUT2D eigenvalue weighted by molar-refractivity contribution is -0.113. The molecule has 4 heteroatoms. The van der Waals surface area contributed by atoms with E-state index in [4.69, 9.17) is 11.5 Å². The average Bonchev–Trinajstić information content (AvgIpc) is 1.87. The molecular weight excluding hydrogens is 164 g/mol. The first kappa shape index (κ1) is 13.1. The number of amides is 1. The fourth-order valence-electron chi connectivity index (χ4n) is 0.606. The van der Waals surface area contributed by atoms with Gasteiger partial charge < -0.3 is 11.5 Å². The second-order valence-corrected chi connectivity index (χ2v) is 2.09. The van der Waals surface area contributed by atoms with Gasteiger partial charge in [0.05, 0.1) is 0 Å². The Hall–Kier alpha value is -0.540. The van der Waals surface area contributed by atoms with Crippen LogP contribution in [-0.4, -0.2) is 12.5 Å². The molecule has 0 atom stereocenters. The van der Waals surface area contributed by atoms with Crippen molar-refractivity contribution in [2.45, 2.75) is 19.3 Å². The zero-order chi connectivity index (χ0) is 7.82. The summed E-state index contributed by atoms with van der Waals surface area (Å²) in [5, 5.41) is 0. The van der Waals surface area contributed by atoms with E-state index in [1.165, 1.54) is 6.08 Å². The highest BCUT2D eigenvalue weighted by atomic mass is 35.5. The molecule has 0 aliphatic heterocycles. The molecular formula is C7H15ClN2O. The number of nitrogens with two attached hydrogens (primary N) is 2. The van der Waals surface area contributed by atoms with E-state index in [1.54, 1.807) is 6.08 Å². The van der Waals surface area contributed by atoms with Gasteiger partial charge in [-0.3, -0.25) is 4.79 Å². The molecule has 0 unspecified atom stereocenters. The van der Waals surface area contributed by atoms with Crippen LogP contribution in [0.5, 0.6) is 0 Å². The lowest BCUT2D eigenvalue weighted by atomic mass is 10.2. The Morgan fingerprint density at radius 3 is 2.45 bits per heavy atom. The van der Waals surface area contributed by atoms with E-state index < -0.39 is 0 Å². The largest absolute Gasteiger partial charge is 0.366 e. The number of hydrogen-bond donors (Lipinski definition) is 2. The average molecular weight is 179 g/mol. The third kappa shape index (κ3) is 12.6. The highest BCUT2D eigenvalue weighted by molar-refractivity contribution is 5.85. The van der Waals surface area contributed by atoms with Crippen molar-refractivity contribution in [3.63, 3.8) is 0 Å². The fourth-order valence-corrected chi connectivity index (χ4v) is 0.606. The molecule has 1 amide bonds. The maximum absolute atomic E-state index is 10.1. The molecule has 0 aliphatic rings. The van der Waals surface area contributed by atoms with Crippen molar-refractivity contribution in [2.24, 2.45) is 11.5 Å². The molecule has 0 aromatic rings. The molecule has 0 fully saturated rings. The van der Waals surface area contributed by atoms with Crippen molar-refractivity contribution in [3.8, 4) is 0 Å². The van der Waals surface area contributed by atoms with Gasteiger partial charge in [-0.25, -0.2) is 0 Å². The first-order valence-electron chi connectivity index (χ1n) is 3.43. The summed E-state index contributed by atoms with van der Waals surface area (Å²) >= 11 is 0. The number of carbonyl (C=O) groups is 1. The molecule has 0 saturated carbocycles. The number of rotatable bonds is 5. The Balaban J connectivity index is 0. The summed E-state index contributed by atoms with van der Waals surface area (Å²) in [5.41, 5.74) is 10.1. The van der Waals surface area contributed by atoms with Crippen LogP contribution in [0, 0.1) is 0 Å². The Kier molecular flexibility index (Phi) is 11.2. The summed E-state index contributed by atoms with van der Waals surface area (Å²) in [6, 6.07) is 0. The summed E-state index contributed by atoms with van der Waals surface area (Å²) in [6.07, 6.45) is 6.08. The van der Waals surface area contributed by atoms with Gasteiger partial charge in [-0.1, -0.05) is 6.08 Å². The quantitative estimate of drug-likeness (QED) is 0.478. The minimum atomic E-state index is -0.382. The molecule has 0 rings (SSSR count). The molecule has 11 heavy (non-hydrogen) atoms. The molecule has 0 heterocycles. The number of allylic oxidation sites excluding steroid dienone is 1. The normalized spacial score (nSPS) is 9.55. The van der Waals surface area contributed by atoms with Crippen LogP contribution >= 0.6 is 12.4 Å². The van der Waals surface area contributed by atoms with Crippen molar-refractivity contribution in [1.82, 2.24) is 0 Å². The lowest BCUT2D eigenvalue weighted by Gasteiger charge is -1.89. The lowest BCUT2D eigenvalue weighted by Crippen LogP contribution is -2.05. The Bertz CT molecular complexity index is 126. The zero-order valence-electron chi connectivity index (χ0n) is 6.45. The van der Waals surface area contributed by atoms with E-state index >= 15 is 0 Å². The Labute approximate surface area is 73.2 Å². The molecule has 0 saturated heterocycles. The number of unbranched alkanes of at least 4 members (excludes halogenated alkanes) is 2. The van der Waals surface area contributed by atoms with E-state index in [1.807, 2.05) is 0 Å². The van der Waals surface area contributed by atoms with Crippen LogP contribution in [0.25, 0.3) is 0 Å². The summed E-state index contributed by atoms with van der Waals surface area (Å²) in [5.74, 6) is -0.382. The van der Waals surface area contributed by atoms with Crippen LogP contribution in [0.1, 0.15) is 19.3 Å². The molecule has 0 radical (unpaired) electrons. The molecule has 4 N–H and O–H groups in total. The molecule has 0 spiro atoms. The fraction of sp³-hybridized carbons (Fsp3) is 0.571. The SMILES string of the molecule is Cl.NCCCCC=CC(N)=O. The van der Waals surface area contributed by atoms with Crippen LogP contribution in [0.4, 0.5) is 0 Å². The first-order valence-corrected chi connectivity index (χ1v) is 3.43. The summed E-state index contributed by atoms with van der Waals surface area (Å²) < 4.78 is 0. The molecule has 0 aromatic carbocycles. The van der Waals surface area contributed by atoms with Gasteiger partial charge in [0.2, 0.25) is 5.91 Å². The van der Waals surface area contributed by atoms with Gasteiger partial charge in [0.1, 0.15) is 0 Å². The summed E-state index contributed by atoms with van der Waals surface area (Å²) in [7, 11) is 0. The molecule has 0 aliphatic carbocycles. The van der Waals surface area contributed by atoms with Crippen LogP contribution < -0.4 is 11.5 Å². The predicted molar refractivity (Wildman–Crippen MR) is 48.5 cm³/mol. The first-order chi connectivity index (χ1) is 4.77. The highest BCUT2D eigenvalue weighted by Gasteiger charge is 1.83. The summed E-state index contributed by atoms with van der Waals surface area (Å²) in [4.78, 5) is 10.1. The molecule has 3 nitrogen and oxygen atoms in total. The topological polar surface area (TPSA) is 69.1 Å². The molecule has 0 bridgehead atoms. The smallest absolute Gasteiger partial charge is 0.241 e. The van der Waals surface area contributed by atoms with Gasteiger partial charge in [-0.05, 0) is 31.9 Å². The third-order valence-electron chi connectivity index (χ3n) is 1.11. The van der Waals surface area contributed by atoms with E-state index in [-0.39, 0.29) is 18.3 Å². The van der Waals surface area contributed by atoms with Crippen molar-refractivity contribution >= 4 is 18.3 Å². The van der Waals surface area contributed by atoms with Gasteiger partial charge in [0.25, 0.3) is 0 Å². The standard InChI is InChI=1S/C7H14N2O.ClH/c8-6-4-2-1-3-5-7(9)10;/h3,5H,1-2,4,6,8H2,(H2,9,10);1H. The van der Waals surface area contributed by atoms with Crippen LogP contribution in [0.3, 0.4) is 0 Å². The number of carbonyl (C=O) groups excluding carboxylic acids is 1. The second kappa shape index (κ2) is 9.46. The Morgan fingerprint density at radius 2 is 2.00 bits per heavy atom. The van der Waals surface area contributed by atoms with Crippen LogP contribution in [-0.2, 0) is 4.79 Å². The summed E-state index contributed by atoms with van der Waals surface area (Å²) in [6.45, 7) is 0.713. The van der Waals surface area contributed by atoms with E-state index in [0.29, 0.717) is 6.54 Å². The van der Waals surface area contributed by atoms with Gasteiger partial charge in [0, 0.05) is 0 Å². The van der Waals surface area contributed by atoms with Gasteiger partial charge in [0.15, 0.2) is 0 Å². The maximum Gasteiger partial charge on any atom is 0.241 e. The predicted octanol–water partition coefficient (Wildman–Crippen LogP) is 0.579. The van der Waals surface area contributed by atoms with Gasteiger partial charge in [-0.2, -0.15) is 0 Å². The maximum atomic E-state index is 10.1. The van der Waals surface area contributed by atoms with Crippen LogP contribution in [0.2, 0.25) is 0 Å². The van der Waals surface area contributed by atoms with E-state index in [2.05, 4.69) is 0 Å². The van der Waals surface area contributed by atoms with Gasteiger partial charge >= 0.3 is 0 Å². The number of halogens is 1. The van der Waals surface area contributed by atoms with E-state index in [0.717, 1.165) is 19.3 Å². The van der Waals surface area contributed by atoms with Crippen LogP contribution in [0.15, 0.2) is 12.2 Å². The molecule has 0 aromatic heterocycles. The van der Waals surface area contributed by atoms with Crippen molar-refractivity contribution in [3.05, 3.63) is 12.2 Å². The monoisotopic (exact) mass is 178 g/mol. The number of primary amides is 1. The van der Waals surface area contributed by atoms with Gasteiger partial charge in [-0.15, -0.1) is 12.4 Å². The van der Waals surface area contributed by atoms with E-state index in [9.17, 15) is 4.79 Å². The highest BCUT2D eigenvalue weighted by Crippen LogP contribution is 1.93.